The summed E-state index contributed by atoms with van der Waals surface area (Å²) in [5, 5.41) is 30.3. The van der Waals surface area contributed by atoms with Gasteiger partial charge in [-0.1, -0.05) is 43.7 Å². The summed E-state index contributed by atoms with van der Waals surface area (Å²) in [6.45, 7) is 4.72. The van der Waals surface area contributed by atoms with E-state index in [-0.39, 0.29) is 30.5 Å². The van der Waals surface area contributed by atoms with Gasteiger partial charge in [0.05, 0.1) is 24.7 Å². The van der Waals surface area contributed by atoms with Crippen molar-refractivity contribution in [2.45, 2.75) is 77.1 Å². The Morgan fingerprint density at radius 3 is 2.88 bits per heavy atom. The Hall–Kier alpha value is -2.15. The minimum absolute atomic E-state index is 0.00838. The topological polar surface area (TPSA) is 96.2 Å². The molecule has 0 aromatic heterocycles. The monoisotopic (exact) mass is 472 g/mol. The van der Waals surface area contributed by atoms with Crippen LogP contribution in [0.5, 0.6) is 5.75 Å². The van der Waals surface area contributed by atoms with Crippen LogP contribution in [0.1, 0.15) is 57.4 Å². The van der Waals surface area contributed by atoms with E-state index in [1.54, 1.807) is 6.08 Å². The quantitative estimate of drug-likeness (QED) is 0.383. The van der Waals surface area contributed by atoms with Crippen molar-refractivity contribution in [3.8, 4) is 5.75 Å². The van der Waals surface area contributed by atoms with Crippen LogP contribution in [-0.4, -0.2) is 52.8 Å². The van der Waals surface area contributed by atoms with Gasteiger partial charge >= 0.3 is 5.97 Å². The predicted molar refractivity (Wildman–Crippen MR) is 132 cm³/mol. The number of ether oxygens (including phenoxy) is 2. The SMILES string of the molecule is CCCC(CCCC1=CC[C@@H]2[C@@H](/C=C/[C@@H](O)COc3cccc(C)c3)[C@H](O)C[C@@H]2OC1)C(=O)O. The van der Waals surface area contributed by atoms with Crippen LogP contribution in [0, 0.1) is 24.7 Å². The number of benzene rings is 1. The largest absolute Gasteiger partial charge is 0.491 e. The van der Waals surface area contributed by atoms with Gasteiger partial charge in [-0.05, 0) is 68.2 Å². The number of rotatable bonds is 12. The van der Waals surface area contributed by atoms with E-state index in [0.717, 1.165) is 43.4 Å². The van der Waals surface area contributed by atoms with E-state index in [4.69, 9.17) is 9.47 Å². The number of aliphatic carboxylic acids is 1. The summed E-state index contributed by atoms with van der Waals surface area (Å²) < 4.78 is 11.8. The number of hydrogen-bond donors (Lipinski definition) is 3. The first-order chi connectivity index (χ1) is 16.4. The van der Waals surface area contributed by atoms with Crippen molar-refractivity contribution in [1.82, 2.24) is 0 Å². The number of carboxylic acids is 1. The molecule has 188 valence electrons. The number of fused-ring (bicyclic) bond motifs is 1. The van der Waals surface area contributed by atoms with E-state index in [0.29, 0.717) is 19.4 Å². The summed E-state index contributed by atoms with van der Waals surface area (Å²) in [7, 11) is 0. The van der Waals surface area contributed by atoms with Gasteiger partial charge in [0.2, 0.25) is 0 Å². The molecule has 3 N–H and O–H groups in total. The van der Waals surface area contributed by atoms with E-state index >= 15 is 0 Å². The lowest BCUT2D eigenvalue weighted by molar-refractivity contribution is -0.142. The molecule has 3 rings (SSSR count). The number of carboxylic acid groups (broad SMARTS) is 1. The number of hydrogen-bond acceptors (Lipinski definition) is 5. The maximum atomic E-state index is 11.4. The number of aliphatic hydroxyl groups is 2. The molecule has 1 aromatic rings. The molecule has 6 heteroatoms. The average molecular weight is 473 g/mol. The number of carbonyl (C=O) groups is 1. The van der Waals surface area contributed by atoms with Gasteiger partial charge in [0, 0.05) is 12.3 Å². The zero-order valence-corrected chi connectivity index (χ0v) is 20.4. The zero-order valence-electron chi connectivity index (χ0n) is 20.4. The molecule has 1 unspecified atom stereocenters. The van der Waals surface area contributed by atoms with Gasteiger partial charge in [-0.25, -0.2) is 0 Å². The van der Waals surface area contributed by atoms with E-state index in [1.165, 1.54) is 5.57 Å². The van der Waals surface area contributed by atoms with Crippen LogP contribution in [0.2, 0.25) is 0 Å². The summed E-state index contributed by atoms with van der Waals surface area (Å²) in [6, 6.07) is 7.72. The molecule has 34 heavy (non-hydrogen) atoms. The van der Waals surface area contributed by atoms with Crippen molar-refractivity contribution >= 4 is 5.97 Å². The normalized spacial score (nSPS) is 26.5. The predicted octanol–water partition coefficient (Wildman–Crippen LogP) is 4.67. The lowest BCUT2D eigenvalue weighted by Gasteiger charge is -2.20. The molecule has 6 nitrogen and oxygen atoms in total. The second kappa shape index (κ2) is 13.1. The molecule has 1 saturated carbocycles. The van der Waals surface area contributed by atoms with Crippen LogP contribution in [0.4, 0.5) is 0 Å². The Balaban J connectivity index is 1.50. The molecule has 2 aliphatic rings. The number of aliphatic hydroxyl groups excluding tert-OH is 2. The van der Waals surface area contributed by atoms with Crippen LogP contribution in [0.25, 0.3) is 0 Å². The molecular formula is C28H40O6. The highest BCUT2D eigenvalue weighted by Crippen LogP contribution is 2.40. The second-order valence-corrected chi connectivity index (χ2v) is 9.79. The van der Waals surface area contributed by atoms with Gasteiger partial charge < -0.3 is 24.8 Å². The maximum Gasteiger partial charge on any atom is 0.306 e. The van der Waals surface area contributed by atoms with E-state index in [1.807, 2.05) is 44.2 Å². The Kier molecular flexibility index (Phi) is 10.2. The molecule has 1 heterocycles. The van der Waals surface area contributed by atoms with Crippen molar-refractivity contribution in [3.63, 3.8) is 0 Å². The molecule has 0 saturated heterocycles. The van der Waals surface area contributed by atoms with Crippen molar-refractivity contribution in [2.24, 2.45) is 17.8 Å². The van der Waals surface area contributed by atoms with Crippen LogP contribution in [0.15, 0.2) is 48.1 Å². The molecular weight excluding hydrogens is 432 g/mol. The Labute approximate surface area is 203 Å². The fraction of sp³-hybridized carbons (Fsp3) is 0.607. The molecule has 6 atom stereocenters. The van der Waals surface area contributed by atoms with E-state index in [9.17, 15) is 20.1 Å². The summed E-state index contributed by atoms with van der Waals surface area (Å²) in [4.78, 5) is 11.4. The minimum atomic E-state index is -0.755. The fourth-order valence-electron chi connectivity index (χ4n) is 5.14. The second-order valence-electron chi connectivity index (χ2n) is 9.79. The van der Waals surface area contributed by atoms with Gasteiger partial charge in [0.1, 0.15) is 18.5 Å². The van der Waals surface area contributed by atoms with Crippen molar-refractivity contribution in [1.29, 1.82) is 0 Å². The van der Waals surface area contributed by atoms with Gasteiger partial charge in [-0.2, -0.15) is 0 Å². The highest BCUT2D eigenvalue weighted by molar-refractivity contribution is 5.69. The van der Waals surface area contributed by atoms with E-state index in [2.05, 4.69) is 6.08 Å². The molecule has 0 bridgehead atoms. The minimum Gasteiger partial charge on any atom is -0.491 e. The van der Waals surface area contributed by atoms with Crippen LogP contribution >= 0.6 is 0 Å². The van der Waals surface area contributed by atoms with Gasteiger partial charge in [0.15, 0.2) is 0 Å². The Bertz CT molecular complexity index is 847. The van der Waals surface area contributed by atoms with Crippen LogP contribution < -0.4 is 4.74 Å². The Morgan fingerprint density at radius 2 is 2.15 bits per heavy atom. The molecule has 1 aromatic carbocycles. The lowest BCUT2D eigenvalue weighted by Crippen LogP contribution is -2.22. The zero-order chi connectivity index (χ0) is 24.5. The highest BCUT2D eigenvalue weighted by atomic mass is 16.5. The summed E-state index contributed by atoms with van der Waals surface area (Å²) in [5.41, 5.74) is 2.32. The summed E-state index contributed by atoms with van der Waals surface area (Å²) in [5.74, 6) is -0.136. The van der Waals surface area contributed by atoms with Crippen LogP contribution in [-0.2, 0) is 9.53 Å². The molecule has 1 aliphatic carbocycles. The maximum absolute atomic E-state index is 11.4. The van der Waals surface area contributed by atoms with Gasteiger partial charge in [-0.3, -0.25) is 4.79 Å². The smallest absolute Gasteiger partial charge is 0.306 e. The average Bonchev–Trinajstić information content (AvgIpc) is 2.97. The molecule has 0 amide bonds. The summed E-state index contributed by atoms with van der Waals surface area (Å²) in [6.07, 6.45) is 10.0. The first-order valence-corrected chi connectivity index (χ1v) is 12.6. The first-order valence-electron chi connectivity index (χ1n) is 12.6. The van der Waals surface area contributed by atoms with Crippen molar-refractivity contribution in [2.75, 3.05) is 13.2 Å². The van der Waals surface area contributed by atoms with Crippen molar-refractivity contribution < 1.29 is 29.6 Å². The first kappa shape index (κ1) is 26.5. The third-order valence-electron chi connectivity index (χ3n) is 7.05. The third kappa shape index (κ3) is 7.69. The molecule has 1 aliphatic heterocycles. The lowest BCUT2D eigenvalue weighted by atomic mass is 9.89. The summed E-state index contributed by atoms with van der Waals surface area (Å²) >= 11 is 0. The number of aryl methyl sites for hydroxylation is 1. The third-order valence-corrected chi connectivity index (χ3v) is 7.05. The van der Waals surface area contributed by atoms with Gasteiger partial charge in [-0.15, -0.1) is 0 Å². The number of allylic oxidation sites excluding steroid dienone is 1. The Morgan fingerprint density at radius 1 is 1.32 bits per heavy atom. The standard InChI is InChI=1S/C28H40O6/c1-3-6-21(28(31)32)9-5-8-20-11-13-25-24(26(30)16-27(25)34-17-20)14-12-22(29)18-33-23-10-4-7-19(2)15-23/h4,7,10-12,14-15,21-22,24-27,29-30H,3,5-6,8-9,13,16-18H2,1-2H3,(H,31,32)/b14-12+/t21?,22-,24-,25-,26-,27+/m1/s1. The van der Waals surface area contributed by atoms with Crippen molar-refractivity contribution in [3.05, 3.63) is 53.6 Å². The van der Waals surface area contributed by atoms with E-state index < -0.39 is 18.2 Å². The molecule has 0 radical (unpaired) electrons. The van der Waals surface area contributed by atoms with Crippen LogP contribution in [0.3, 0.4) is 0 Å². The highest BCUT2D eigenvalue weighted by Gasteiger charge is 2.42. The fourth-order valence-corrected chi connectivity index (χ4v) is 5.14. The van der Waals surface area contributed by atoms with Gasteiger partial charge in [0.25, 0.3) is 0 Å². The molecule has 1 fully saturated rings. The molecule has 0 spiro atoms.